The van der Waals surface area contributed by atoms with Gasteiger partial charge in [-0.3, -0.25) is 4.79 Å². The number of benzene rings is 3. The Labute approximate surface area is 126 Å². The number of carbonyl (C=O) groups excluding carboxylic acids is 1. The Hall–Kier alpha value is -3.01. The van der Waals surface area contributed by atoms with Gasteiger partial charge in [-0.2, -0.15) is 0 Å². The largest absolute Gasteiger partial charge is 0.507 e. The summed E-state index contributed by atoms with van der Waals surface area (Å²) in [4.78, 5) is 15.2. The zero-order chi connectivity index (χ0) is 15.3. The smallest absolute Gasteiger partial charge is 0.254 e. The topological polar surface area (TPSA) is 65.1 Å². The van der Waals surface area contributed by atoms with E-state index in [0.29, 0.717) is 0 Å². The average Bonchev–Trinajstić information content (AvgIpc) is 2.92. The molecule has 4 rings (SSSR count). The zero-order valence-corrected chi connectivity index (χ0v) is 12.0. The van der Waals surface area contributed by atoms with Gasteiger partial charge >= 0.3 is 0 Å². The summed E-state index contributed by atoms with van der Waals surface area (Å²) in [5, 5.41) is 16.8. The number of hydrogen-bond donors (Lipinski definition) is 3. The van der Waals surface area contributed by atoms with E-state index in [1.807, 2.05) is 30.3 Å². The van der Waals surface area contributed by atoms with Gasteiger partial charge in [0.15, 0.2) is 0 Å². The SMILES string of the molecule is CNC(=O)c1cc2ccc3c4ccccc4[nH]c3c2cc1O. The van der Waals surface area contributed by atoms with Crippen LogP contribution < -0.4 is 5.32 Å². The predicted molar refractivity (Wildman–Crippen MR) is 88.4 cm³/mol. The average molecular weight is 290 g/mol. The third-order valence-corrected chi connectivity index (χ3v) is 4.08. The lowest BCUT2D eigenvalue weighted by Crippen LogP contribution is -2.17. The Kier molecular flexibility index (Phi) is 2.60. The van der Waals surface area contributed by atoms with E-state index in [-0.39, 0.29) is 17.2 Å². The first-order chi connectivity index (χ1) is 10.7. The van der Waals surface area contributed by atoms with Crippen molar-refractivity contribution in [1.29, 1.82) is 0 Å². The van der Waals surface area contributed by atoms with Gasteiger partial charge in [-0.05, 0) is 23.6 Å². The molecular weight excluding hydrogens is 276 g/mol. The van der Waals surface area contributed by atoms with Crippen LogP contribution in [0.25, 0.3) is 32.6 Å². The molecule has 0 spiro atoms. The molecule has 0 aliphatic carbocycles. The number of phenols is 1. The molecule has 108 valence electrons. The number of carbonyl (C=O) groups is 1. The molecule has 3 N–H and O–H groups in total. The number of rotatable bonds is 1. The van der Waals surface area contributed by atoms with Crippen LogP contribution in [0.4, 0.5) is 0 Å². The lowest BCUT2D eigenvalue weighted by molar-refractivity contribution is 0.0960. The minimum absolute atomic E-state index is 0.0157. The van der Waals surface area contributed by atoms with Crippen LogP contribution in [-0.4, -0.2) is 23.0 Å². The van der Waals surface area contributed by atoms with E-state index in [1.54, 1.807) is 19.2 Å². The number of phenolic OH excluding ortho intramolecular Hbond substituents is 1. The first-order valence-electron chi connectivity index (χ1n) is 7.07. The number of nitrogens with one attached hydrogen (secondary N) is 2. The lowest BCUT2D eigenvalue weighted by atomic mass is 10.0. The molecule has 1 amide bonds. The summed E-state index contributed by atoms with van der Waals surface area (Å²) >= 11 is 0. The van der Waals surface area contributed by atoms with Gasteiger partial charge < -0.3 is 15.4 Å². The van der Waals surface area contributed by atoms with Crippen LogP contribution in [0.15, 0.2) is 48.5 Å². The second-order valence-corrected chi connectivity index (χ2v) is 5.33. The summed E-state index contributed by atoms with van der Waals surface area (Å²) < 4.78 is 0. The number of amides is 1. The van der Waals surface area contributed by atoms with Crippen molar-refractivity contribution in [2.45, 2.75) is 0 Å². The summed E-state index contributed by atoms with van der Waals surface area (Å²) in [5.41, 5.74) is 2.31. The van der Waals surface area contributed by atoms with Crippen LogP contribution in [0.3, 0.4) is 0 Å². The maximum absolute atomic E-state index is 11.8. The minimum atomic E-state index is -0.295. The molecule has 0 aliphatic heterocycles. The Balaban J connectivity index is 2.12. The fourth-order valence-electron chi connectivity index (χ4n) is 3.00. The number of aromatic hydroxyl groups is 1. The molecule has 4 nitrogen and oxygen atoms in total. The standard InChI is InChI=1S/C18H14N2O2/c1-19-18(22)14-8-10-6-7-12-11-4-2-3-5-15(11)20-17(12)13(10)9-16(14)21/h2-9,20-21H,1H3,(H,19,22). The van der Waals surface area contributed by atoms with Gasteiger partial charge in [0.1, 0.15) is 5.75 Å². The van der Waals surface area contributed by atoms with Crippen LogP contribution in [0.1, 0.15) is 10.4 Å². The highest BCUT2D eigenvalue weighted by Crippen LogP contribution is 2.34. The molecule has 0 aliphatic rings. The van der Waals surface area contributed by atoms with E-state index in [2.05, 4.69) is 16.4 Å². The van der Waals surface area contributed by atoms with Crippen LogP contribution in [-0.2, 0) is 0 Å². The van der Waals surface area contributed by atoms with Gasteiger partial charge in [0.05, 0.1) is 11.1 Å². The van der Waals surface area contributed by atoms with E-state index in [1.165, 1.54) is 0 Å². The Morgan fingerprint density at radius 2 is 1.86 bits per heavy atom. The summed E-state index contributed by atoms with van der Waals surface area (Å²) in [5.74, 6) is -0.311. The highest BCUT2D eigenvalue weighted by atomic mass is 16.3. The van der Waals surface area contributed by atoms with Crippen molar-refractivity contribution in [2.75, 3.05) is 7.05 Å². The highest BCUT2D eigenvalue weighted by Gasteiger charge is 2.14. The molecule has 0 fully saturated rings. The van der Waals surface area contributed by atoms with Gasteiger partial charge in [0, 0.05) is 28.7 Å². The van der Waals surface area contributed by atoms with Crippen LogP contribution >= 0.6 is 0 Å². The van der Waals surface area contributed by atoms with E-state index in [9.17, 15) is 9.90 Å². The van der Waals surface area contributed by atoms with Crippen LogP contribution in [0.5, 0.6) is 5.75 Å². The third-order valence-electron chi connectivity index (χ3n) is 4.08. The fourth-order valence-corrected chi connectivity index (χ4v) is 3.00. The summed E-state index contributed by atoms with van der Waals surface area (Å²) in [7, 11) is 1.55. The van der Waals surface area contributed by atoms with Gasteiger partial charge in [0.25, 0.3) is 5.91 Å². The molecule has 22 heavy (non-hydrogen) atoms. The zero-order valence-electron chi connectivity index (χ0n) is 12.0. The Bertz CT molecular complexity index is 1050. The van der Waals surface area contributed by atoms with Gasteiger partial charge in [-0.25, -0.2) is 0 Å². The number of hydrogen-bond acceptors (Lipinski definition) is 2. The number of aromatic amines is 1. The van der Waals surface area contributed by atoms with Gasteiger partial charge in [0.2, 0.25) is 0 Å². The normalized spacial score (nSPS) is 11.3. The number of fused-ring (bicyclic) bond motifs is 5. The first kappa shape index (κ1) is 12.7. The molecule has 0 radical (unpaired) electrons. The Morgan fingerprint density at radius 3 is 2.68 bits per heavy atom. The van der Waals surface area contributed by atoms with E-state index in [4.69, 9.17) is 0 Å². The third kappa shape index (κ3) is 1.67. The Morgan fingerprint density at radius 1 is 1.05 bits per heavy atom. The van der Waals surface area contributed by atoms with E-state index < -0.39 is 0 Å². The van der Waals surface area contributed by atoms with Crippen molar-refractivity contribution in [1.82, 2.24) is 10.3 Å². The fraction of sp³-hybridized carbons (Fsp3) is 0.0556. The van der Waals surface area contributed by atoms with Crippen LogP contribution in [0, 0.1) is 0 Å². The molecule has 0 atom stereocenters. The quantitative estimate of drug-likeness (QED) is 0.502. The molecule has 1 heterocycles. The second kappa shape index (κ2) is 4.49. The van der Waals surface area contributed by atoms with E-state index in [0.717, 1.165) is 32.6 Å². The van der Waals surface area contributed by atoms with Crippen molar-refractivity contribution in [3.8, 4) is 5.75 Å². The summed E-state index contributed by atoms with van der Waals surface area (Å²) in [6.07, 6.45) is 0. The number of H-pyrrole nitrogens is 1. The number of para-hydroxylation sites is 1. The summed E-state index contributed by atoms with van der Waals surface area (Å²) in [6.45, 7) is 0. The van der Waals surface area contributed by atoms with Crippen molar-refractivity contribution in [3.63, 3.8) is 0 Å². The molecular formula is C18H14N2O2. The molecule has 0 saturated carbocycles. The molecule has 0 saturated heterocycles. The lowest BCUT2D eigenvalue weighted by Gasteiger charge is -2.07. The maximum atomic E-state index is 11.8. The minimum Gasteiger partial charge on any atom is -0.507 e. The van der Waals surface area contributed by atoms with Crippen LogP contribution in [0.2, 0.25) is 0 Å². The molecule has 0 unspecified atom stereocenters. The predicted octanol–water partition coefficient (Wildman–Crippen LogP) is 3.54. The van der Waals surface area contributed by atoms with Crippen molar-refractivity contribution < 1.29 is 9.90 Å². The number of aromatic nitrogens is 1. The molecule has 1 aromatic heterocycles. The van der Waals surface area contributed by atoms with Gasteiger partial charge in [-0.1, -0.05) is 30.3 Å². The van der Waals surface area contributed by atoms with E-state index >= 15 is 0 Å². The monoisotopic (exact) mass is 290 g/mol. The maximum Gasteiger partial charge on any atom is 0.254 e. The van der Waals surface area contributed by atoms with Crippen molar-refractivity contribution in [3.05, 3.63) is 54.1 Å². The molecule has 4 aromatic rings. The first-order valence-corrected chi connectivity index (χ1v) is 7.07. The highest BCUT2D eigenvalue weighted by molar-refractivity contribution is 6.18. The molecule has 3 aromatic carbocycles. The van der Waals surface area contributed by atoms with Crippen molar-refractivity contribution >= 4 is 38.5 Å². The second-order valence-electron chi connectivity index (χ2n) is 5.33. The molecule has 0 bridgehead atoms. The molecule has 4 heteroatoms. The summed E-state index contributed by atoms with van der Waals surface area (Å²) in [6, 6.07) is 15.5. The van der Waals surface area contributed by atoms with Crippen molar-refractivity contribution in [2.24, 2.45) is 0 Å². The van der Waals surface area contributed by atoms with Gasteiger partial charge in [-0.15, -0.1) is 0 Å².